The Bertz CT molecular complexity index is 587. The van der Waals surface area contributed by atoms with Gasteiger partial charge in [-0.1, -0.05) is 12.1 Å². The predicted molar refractivity (Wildman–Crippen MR) is 83.9 cm³/mol. The number of ether oxygens (including phenoxy) is 1. The molecular formula is C16H22N4O. The van der Waals surface area contributed by atoms with Gasteiger partial charge >= 0.3 is 0 Å². The number of methoxy groups -OCH3 is 1. The predicted octanol–water partition coefficient (Wildman–Crippen LogP) is 1.44. The van der Waals surface area contributed by atoms with Gasteiger partial charge in [-0.05, 0) is 37.9 Å². The molecule has 112 valence electrons. The van der Waals surface area contributed by atoms with Crippen LogP contribution in [-0.2, 0) is 0 Å². The van der Waals surface area contributed by atoms with Gasteiger partial charge < -0.3 is 10.5 Å². The normalized spacial score (nSPS) is 31.8. The summed E-state index contributed by atoms with van der Waals surface area (Å²) in [6.45, 7) is 3.17. The molecule has 3 aliphatic heterocycles. The first kappa shape index (κ1) is 13.0. The van der Waals surface area contributed by atoms with Crippen molar-refractivity contribution >= 4 is 11.6 Å². The number of nitrogens with zero attached hydrogens (tertiary/aromatic N) is 3. The second-order valence-corrected chi connectivity index (χ2v) is 6.23. The number of anilines is 1. The highest BCUT2D eigenvalue weighted by Crippen LogP contribution is 2.46. The lowest BCUT2D eigenvalue weighted by Crippen LogP contribution is -2.58. The van der Waals surface area contributed by atoms with E-state index in [2.05, 4.69) is 20.9 Å². The average molecular weight is 286 g/mol. The second kappa shape index (κ2) is 4.63. The van der Waals surface area contributed by atoms with Gasteiger partial charge in [0.05, 0.1) is 24.9 Å². The fourth-order valence-electron chi connectivity index (χ4n) is 4.42. The van der Waals surface area contributed by atoms with E-state index in [9.17, 15) is 0 Å². The quantitative estimate of drug-likeness (QED) is 0.894. The summed E-state index contributed by atoms with van der Waals surface area (Å²) >= 11 is 0. The second-order valence-electron chi connectivity index (χ2n) is 6.23. The van der Waals surface area contributed by atoms with Crippen LogP contribution in [0, 0.1) is 0 Å². The fourth-order valence-corrected chi connectivity index (χ4v) is 4.42. The van der Waals surface area contributed by atoms with E-state index in [1.807, 2.05) is 18.2 Å². The van der Waals surface area contributed by atoms with E-state index < -0.39 is 0 Å². The monoisotopic (exact) mass is 286 g/mol. The van der Waals surface area contributed by atoms with Gasteiger partial charge in [-0.15, -0.1) is 0 Å². The van der Waals surface area contributed by atoms with Crippen molar-refractivity contribution in [2.45, 2.75) is 30.8 Å². The molecule has 2 unspecified atom stereocenters. The van der Waals surface area contributed by atoms with Gasteiger partial charge in [0.15, 0.2) is 5.96 Å². The highest BCUT2D eigenvalue weighted by atomic mass is 16.5. The van der Waals surface area contributed by atoms with Crippen LogP contribution in [0.25, 0.3) is 0 Å². The molecule has 0 saturated carbocycles. The van der Waals surface area contributed by atoms with Crippen LogP contribution in [-0.4, -0.2) is 49.2 Å². The van der Waals surface area contributed by atoms with Crippen molar-refractivity contribution in [3.05, 3.63) is 24.3 Å². The van der Waals surface area contributed by atoms with E-state index in [4.69, 9.17) is 10.5 Å². The lowest BCUT2D eigenvalue weighted by molar-refractivity contribution is 0.273. The van der Waals surface area contributed by atoms with E-state index in [0.29, 0.717) is 12.0 Å². The van der Waals surface area contributed by atoms with Gasteiger partial charge in [0.2, 0.25) is 0 Å². The van der Waals surface area contributed by atoms with Gasteiger partial charge in [-0.25, -0.2) is 0 Å². The summed E-state index contributed by atoms with van der Waals surface area (Å²) in [5.74, 6) is 1.50. The first-order valence-corrected chi connectivity index (χ1v) is 7.73. The molecule has 3 aliphatic rings. The summed E-state index contributed by atoms with van der Waals surface area (Å²) < 4.78 is 5.55. The van der Waals surface area contributed by atoms with Crippen LogP contribution in [0.15, 0.2) is 29.3 Å². The standard InChI is InChI=1S/C16H22N4O/c1-21-13-6-3-2-5-12(13)20-15(17)18-11-16(20)8-10-19-9-4-7-14(16)19/h2-3,5-6,14H,4,7-11H2,1H3,(H2,17,18). The van der Waals surface area contributed by atoms with Crippen molar-refractivity contribution in [1.82, 2.24) is 4.90 Å². The van der Waals surface area contributed by atoms with E-state index in [1.54, 1.807) is 7.11 Å². The zero-order chi connectivity index (χ0) is 14.4. The third kappa shape index (κ3) is 1.70. The Kier molecular flexibility index (Phi) is 2.85. The third-order valence-electron chi connectivity index (χ3n) is 5.33. The summed E-state index contributed by atoms with van der Waals surface area (Å²) in [7, 11) is 1.71. The van der Waals surface area contributed by atoms with Crippen LogP contribution in [0.5, 0.6) is 5.75 Å². The first-order chi connectivity index (χ1) is 10.3. The fraction of sp³-hybridized carbons (Fsp3) is 0.562. The molecule has 4 rings (SSSR count). The maximum Gasteiger partial charge on any atom is 0.196 e. The number of guanidine groups is 1. The lowest BCUT2D eigenvalue weighted by atomic mass is 9.87. The molecule has 3 heterocycles. The maximum atomic E-state index is 6.27. The molecule has 5 heteroatoms. The van der Waals surface area contributed by atoms with Gasteiger partial charge in [0.1, 0.15) is 5.75 Å². The minimum atomic E-state index is 0.0230. The van der Waals surface area contributed by atoms with Crippen molar-refractivity contribution in [3.8, 4) is 5.75 Å². The van der Waals surface area contributed by atoms with E-state index in [-0.39, 0.29) is 5.54 Å². The molecule has 0 bridgehead atoms. The summed E-state index contributed by atoms with van der Waals surface area (Å²) in [4.78, 5) is 9.46. The number of hydrogen-bond acceptors (Lipinski definition) is 5. The topological polar surface area (TPSA) is 54.1 Å². The number of aliphatic imine (C=N–C) groups is 1. The molecular weight excluding hydrogens is 264 g/mol. The Morgan fingerprint density at radius 1 is 1.33 bits per heavy atom. The Morgan fingerprint density at radius 2 is 2.19 bits per heavy atom. The van der Waals surface area contributed by atoms with Crippen LogP contribution in [0.1, 0.15) is 19.3 Å². The SMILES string of the molecule is COc1ccccc1N1C(N)=NCC12CCN1CCCC12. The van der Waals surface area contributed by atoms with Gasteiger partial charge in [-0.3, -0.25) is 14.8 Å². The molecule has 5 nitrogen and oxygen atoms in total. The lowest BCUT2D eigenvalue weighted by Gasteiger charge is -2.40. The Balaban J connectivity index is 1.79. The summed E-state index contributed by atoms with van der Waals surface area (Å²) in [5, 5.41) is 0. The molecule has 2 fully saturated rings. The van der Waals surface area contributed by atoms with Crippen molar-refractivity contribution in [2.75, 3.05) is 31.6 Å². The largest absolute Gasteiger partial charge is 0.495 e. The summed E-state index contributed by atoms with van der Waals surface area (Å²) in [6, 6.07) is 8.68. The van der Waals surface area contributed by atoms with Gasteiger partial charge in [0.25, 0.3) is 0 Å². The highest BCUT2D eigenvalue weighted by molar-refractivity contribution is 6.00. The first-order valence-electron chi connectivity index (χ1n) is 7.73. The zero-order valence-electron chi connectivity index (χ0n) is 12.5. The minimum absolute atomic E-state index is 0.0230. The maximum absolute atomic E-state index is 6.27. The molecule has 2 atom stereocenters. The molecule has 0 aliphatic carbocycles. The van der Waals surface area contributed by atoms with E-state index in [0.717, 1.165) is 30.9 Å². The van der Waals surface area contributed by atoms with Crippen LogP contribution in [0.3, 0.4) is 0 Å². The molecule has 1 aromatic rings. The number of rotatable bonds is 2. The van der Waals surface area contributed by atoms with E-state index >= 15 is 0 Å². The number of fused-ring (bicyclic) bond motifs is 2. The zero-order valence-corrected chi connectivity index (χ0v) is 12.5. The van der Waals surface area contributed by atoms with Gasteiger partial charge in [0, 0.05) is 12.6 Å². The number of hydrogen-bond donors (Lipinski definition) is 1. The molecule has 2 N–H and O–H groups in total. The third-order valence-corrected chi connectivity index (χ3v) is 5.33. The molecule has 2 saturated heterocycles. The minimum Gasteiger partial charge on any atom is -0.495 e. The Labute approximate surface area is 125 Å². The number of nitrogens with two attached hydrogens (primary N) is 1. The van der Waals surface area contributed by atoms with Crippen molar-refractivity contribution in [1.29, 1.82) is 0 Å². The van der Waals surface area contributed by atoms with Crippen LogP contribution in [0.4, 0.5) is 5.69 Å². The van der Waals surface area contributed by atoms with Gasteiger partial charge in [-0.2, -0.15) is 0 Å². The molecule has 0 radical (unpaired) electrons. The summed E-state index contributed by atoms with van der Waals surface area (Å²) in [6.07, 6.45) is 3.65. The van der Waals surface area contributed by atoms with Crippen molar-refractivity contribution in [3.63, 3.8) is 0 Å². The summed E-state index contributed by atoms with van der Waals surface area (Å²) in [5.41, 5.74) is 7.35. The molecule has 0 aromatic heterocycles. The van der Waals surface area contributed by atoms with Crippen LogP contribution >= 0.6 is 0 Å². The number of para-hydroxylation sites is 2. The van der Waals surface area contributed by atoms with Crippen molar-refractivity contribution < 1.29 is 4.74 Å². The average Bonchev–Trinajstić information content (AvgIpc) is 3.18. The van der Waals surface area contributed by atoms with Crippen LogP contribution < -0.4 is 15.4 Å². The van der Waals surface area contributed by atoms with Crippen LogP contribution in [0.2, 0.25) is 0 Å². The highest BCUT2D eigenvalue weighted by Gasteiger charge is 2.56. The Morgan fingerprint density at radius 3 is 3.05 bits per heavy atom. The smallest absolute Gasteiger partial charge is 0.196 e. The van der Waals surface area contributed by atoms with E-state index in [1.165, 1.54) is 19.4 Å². The number of benzene rings is 1. The molecule has 1 aromatic carbocycles. The molecule has 1 spiro atoms. The molecule has 21 heavy (non-hydrogen) atoms. The van der Waals surface area contributed by atoms with Crippen molar-refractivity contribution in [2.24, 2.45) is 10.7 Å². The molecule has 0 amide bonds. The Hall–Kier alpha value is -1.75.